The smallest absolute Gasteiger partial charge is 0.238 e. The number of hydrogen-bond donors (Lipinski definition) is 3. The number of hydrogen-bond acceptors (Lipinski definition) is 5. The third-order valence-corrected chi connectivity index (χ3v) is 9.39. The molecule has 2 aromatic carbocycles. The second kappa shape index (κ2) is 9.23. The molecule has 1 saturated carbocycles. The van der Waals surface area contributed by atoms with Crippen LogP contribution in [0.4, 0.5) is 4.39 Å². The minimum atomic E-state index is -1.21. The van der Waals surface area contributed by atoms with Crippen molar-refractivity contribution in [2.24, 2.45) is 5.41 Å². The molecule has 0 aromatic heterocycles. The zero-order valence-corrected chi connectivity index (χ0v) is 23.5. The summed E-state index contributed by atoms with van der Waals surface area (Å²) in [5.74, 6) is -1.48. The average molecular weight is 566 g/mol. The van der Waals surface area contributed by atoms with E-state index in [0.29, 0.717) is 34.7 Å². The van der Waals surface area contributed by atoms with Crippen molar-refractivity contribution in [1.29, 1.82) is 0 Å². The van der Waals surface area contributed by atoms with Gasteiger partial charge in [-0.1, -0.05) is 67.9 Å². The van der Waals surface area contributed by atoms with E-state index in [1.807, 2.05) is 6.07 Å². The lowest BCUT2D eigenvalue weighted by Crippen LogP contribution is -2.57. The molecule has 3 aliphatic rings. The molecule has 1 spiro atoms. The fourth-order valence-electron chi connectivity index (χ4n) is 6.39. The summed E-state index contributed by atoms with van der Waals surface area (Å²) in [6.07, 6.45) is 1.50. The minimum absolute atomic E-state index is 0.0416. The predicted molar refractivity (Wildman–Crippen MR) is 145 cm³/mol. The Balaban J connectivity index is 1.68. The molecular formula is C28H31Cl2FN2O3S. The number of rotatable bonds is 4. The average Bonchev–Trinajstić information content (AvgIpc) is 3.22. The summed E-state index contributed by atoms with van der Waals surface area (Å²) in [6.45, 7) is 7.99. The number of halogens is 3. The van der Waals surface area contributed by atoms with Gasteiger partial charge in [0.05, 0.1) is 22.1 Å². The summed E-state index contributed by atoms with van der Waals surface area (Å²) in [4.78, 5) is 28.6. The number of carbonyl (C=O) groups is 2. The van der Waals surface area contributed by atoms with Crippen molar-refractivity contribution in [2.45, 2.75) is 86.9 Å². The van der Waals surface area contributed by atoms with Crippen LogP contribution in [0, 0.1) is 11.2 Å². The Kier molecular flexibility index (Phi) is 6.72. The second-order valence-corrected chi connectivity index (χ2v) is 14.0. The first-order chi connectivity index (χ1) is 17.2. The van der Waals surface area contributed by atoms with Gasteiger partial charge in [-0.3, -0.25) is 9.59 Å². The van der Waals surface area contributed by atoms with Crippen molar-refractivity contribution in [3.63, 3.8) is 0 Å². The van der Waals surface area contributed by atoms with Gasteiger partial charge in [0.25, 0.3) is 0 Å². The molecule has 0 bridgehead atoms. The van der Waals surface area contributed by atoms with Crippen molar-refractivity contribution in [3.8, 4) is 0 Å². The zero-order chi connectivity index (χ0) is 26.9. The number of aliphatic hydroxyl groups is 1. The Labute approximate surface area is 230 Å². The van der Waals surface area contributed by atoms with Crippen molar-refractivity contribution >= 4 is 46.0 Å². The normalized spacial score (nSPS) is 32.9. The fourth-order valence-corrected chi connectivity index (χ4v) is 8.08. The van der Waals surface area contributed by atoms with Crippen LogP contribution in [0.15, 0.2) is 41.3 Å². The van der Waals surface area contributed by atoms with Crippen LogP contribution in [-0.2, 0) is 15.0 Å². The topological polar surface area (TPSA) is 78.4 Å². The van der Waals surface area contributed by atoms with E-state index < -0.39 is 34.8 Å². The highest BCUT2D eigenvalue weighted by Crippen LogP contribution is 2.60. The standard InChI is InChI=1S/C28H31Cl2FN2O3S/c1-26(2,3)13-21-28(17-9-19(31)18(30)10-20(17)37-25(28)35)22(14-6-5-7-15(29)8-14)23(33-21)24(34)32-16-11-27(4,36)12-16/h5-10,16,21-23,33,36H,11-13H2,1-4H3,(H,32,34). The quantitative estimate of drug-likeness (QED) is 0.451. The Morgan fingerprint density at radius 1 is 1.24 bits per heavy atom. The van der Waals surface area contributed by atoms with E-state index in [4.69, 9.17) is 23.2 Å². The van der Waals surface area contributed by atoms with Gasteiger partial charge in [0.2, 0.25) is 11.0 Å². The number of thioether (sulfide) groups is 1. The Morgan fingerprint density at radius 2 is 1.95 bits per heavy atom. The maximum atomic E-state index is 15.0. The Morgan fingerprint density at radius 3 is 2.57 bits per heavy atom. The van der Waals surface area contributed by atoms with Gasteiger partial charge in [-0.2, -0.15) is 0 Å². The van der Waals surface area contributed by atoms with Crippen LogP contribution in [0.25, 0.3) is 0 Å². The molecule has 9 heteroatoms. The maximum Gasteiger partial charge on any atom is 0.238 e. The fraction of sp³-hybridized carbons (Fsp3) is 0.500. The minimum Gasteiger partial charge on any atom is -0.390 e. The molecule has 2 heterocycles. The van der Waals surface area contributed by atoms with E-state index in [0.717, 1.165) is 17.3 Å². The summed E-state index contributed by atoms with van der Waals surface area (Å²) in [6, 6.07) is 8.71. The molecule has 2 aliphatic heterocycles. The first-order valence-corrected chi connectivity index (χ1v) is 14.0. The number of amides is 1. The third-order valence-electron chi connectivity index (χ3n) is 7.79. The van der Waals surface area contributed by atoms with Crippen LogP contribution < -0.4 is 10.6 Å². The van der Waals surface area contributed by atoms with Crippen LogP contribution in [0.2, 0.25) is 10.0 Å². The van der Waals surface area contributed by atoms with E-state index in [1.165, 1.54) is 12.1 Å². The number of benzene rings is 2. The van der Waals surface area contributed by atoms with Gasteiger partial charge in [0.15, 0.2) is 0 Å². The summed E-state index contributed by atoms with van der Waals surface area (Å²) in [7, 11) is 0. The highest BCUT2D eigenvalue weighted by atomic mass is 35.5. The van der Waals surface area contributed by atoms with E-state index in [2.05, 4.69) is 31.4 Å². The summed E-state index contributed by atoms with van der Waals surface area (Å²) >= 11 is 13.6. The molecule has 3 N–H and O–H groups in total. The lowest BCUT2D eigenvalue weighted by atomic mass is 9.63. The summed E-state index contributed by atoms with van der Waals surface area (Å²) in [5, 5.41) is 17.1. The zero-order valence-electron chi connectivity index (χ0n) is 21.2. The van der Waals surface area contributed by atoms with Crippen molar-refractivity contribution in [2.75, 3.05) is 0 Å². The lowest BCUT2D eigenvalue weighted by Gasteiger charge is -2.42. The molecule has 37 heavy (non-hydrogen) atoms. The molecule has 5 rings (SSSR count). The van der Waals surface area contributed by atoms with Gasteiger partial charge in [0, 0.05) is 27.9 Å². The molecular weight excluding hydrogens is 534 g/mol. The monoisotopic (exact) mass is 564 g/mol. The van der Waals surface area contributed by atoms with Gasteiger partial charge in [-0.15, -0.1) is 0 Å². The molecule has 4 unspecified atom stereocenters. The largest absolute Gasteiger partial charge is 0.390 e. The summed E-state index contributed by atoms with van der Waals surface area (Å²) < 4.78 is 15.0. The van der Waals surface area contributed by atoms with Gasteiger partial charge in [0.1, 0.15) is 5.82 Å². The van der Waals surface area contributed by atoms with Crippen LogP contribution >= 0.6 is 35.0 Å². The molecule has 4 atom stereocenters. The molecule has 0 radical (unpaired) electrons. The maximum absolute atomic E-state index is 15.0. The SMILES string of the molecule is CC(C)(C)CC1NC(C(=O)NC2CC(C)(O)C2)C(c2cccc(Cl)c2)C12C(=O)Sc1cc(Cl)c(F)cc12. The van der Waals surface area contributed by atoms with Gasteiger partial charge >= 0.3 is 0 Å². The van der Waals surface area contributed by atoms with Gasteiger partial charge < -0.3 is 15.7 Å². The van der Waals surface area contributed by atoms with Gasteiger partial charge in [-0.25, -0.2) is 4.39 Å². The summed E-state index contributed by atoms with van der Waals surface area (Å²) in [5.41, 5.74) is -0.916. The van der Waals surface area contributed by atoms with E-state index in [-0.39, 0.29) is 27.5 Å². The Hall–Kier alpha value is -1.64. The van der Waals surface area contributed by atoms with Crippen LogP contribution in [-0.4, -0.2) is 39.9 Å². The Bertz CT molecular complexity index is 1270. The van der Waals surface area contributed by atoms with E-state index in [1.54, 1.807) is 25.1 Å². The molecule has 1 aliphatic carbocycles. The van der Waals surface area contributed by atoms with Crippen LogP contribution in [0.1, 0.15) is 64.0 Å². The first kappa shape index (κ1) is 26.9. The van der Waals surface area contributed by atoms with E-state index in [9.17, 15) is 19.1 Å². The number of carbonyl (C=O) groups excluding carboxylic acids is 2. The number of fused-ring (bicyclic) bond motifs is 2. The molecule has 5 nitrogen and oxygen atoms in total. The highest BCUT2D eigenvalue weighted by Gasteiger charge is 2.66. The van der Waals surface area contributed by atoms with Crippen molar-refractivity contribution in [1.82, 2.24) is 10.6 Å². The molecule has 2 fully saturated rings. The molecule has 198 valence electrons. The molecule has 1 saturated heterocycles. The van der Waals surface area contributed by atoms with Gasteiger partial charge in [-0.05, 0) is 67.0 Å². The van der Waals surface area contributed by atoms with E-state index >= 15 is 0 Å². The first-order valence-electron chi connectivity index (χ1n) is 12.5. The number of nitrogens with one attached hydrogen (secondary N) is 2. The third kappa shape index (κ3) is 4.71. The lowest BCUT2D eigenvalue weighted by molar-refractivity contribution is -0.127. The van der Waals surface area contributed by atoms with Crippen LogP contribution in [0.5, 0.6) is 0 Å². The van der Waals surface area contributed by atoms with Crippen molar-refractivity contribution < 1.29 is 19.1 Å². The highest BCUT2D eigenvalue weighted by molar-refractivity contribution is 8.14. The second-order valence-electron chi connectivity index (χ2n) is 12.1. The predicted octanol–water partition coefficient (Wildman–Crippen LogP) is 5.59. The molecule has 2 aromatic rings. The molecule has 1 amide bonds. The van der Waals surface area contributed by atoms with Crippen molar-refractivity contribution in [3.05, 3.63) is 63.4 Å². The van der Waals surface area contributed by atoms with Crippen LogP contribution in [0.3, 0.4) is 0 Å².